The van der Waals surface area contributed by atoms with Gasteiger partial charge in [-0.15, -0.1) is 0 Å². The van der Waals surface area contributed by atoms with Gasteiger partial charge in [0, 0.05) is 33.3 Å². The maximum atomic E-state index is 12.2. The summed E-state index contributed by atoms with van der Waals surface area (Å²) in [7, 11) is 0. The van der Waals surface area contributed by atoms with Crippen LogP contribution in [-0.2, 0) is 0 Å². The van der Waals surface area contributed by atoms with E-state index in [4.69, 9.17) is 0 Å². The number of nitrogens with zero attached hydrogens (tertiary/aromatic N) is 2. The normalized spacial score (nSPS) is 11.0. The molecule has 0 saturated carbocycles. The molecule has 1 aromatic carbocycles. The number of fused-ring (bicyclic) bond motifs is 1. The molecule has 0 fully saturated rings. The SMILES string of the molecule is O=c1[nH]nc(-c2ccncc2)cc1-c1cc2ccc(Br)cc2[nH]1. The topological polar surface area (TPSA) is 74.4 Å². The maximum Gasteiger partial charge on any atom is 0.273 e. The maximum absolute atomic E-state index is 12.2. The summed E-state index contributed by atoms with van der Waals surface area (Å²) >= 11 is 3.45. The van der Waals surface area contributed by atoms with Crippen molar-refractivity contribution in [2.45, 2.75) is 0 Å². The fourth-order valence-corrected chi connectivity index (χ4v) is 2.88. The Labute approximate surface area is 139 Å². The highest BCUT2D eigenvalue weighted by molar-refractivity contribution is 9.10. The minimum atomic E-state index is -0.228. The second-order valence-corrected chi connectivity index (χ2v) is 6.06. The summed E-state index contributed by atoms with van der Waals surface area (Å²) in [5.74, 6) is 0. The summed E-state index contributed by atoms with van der Waals surface area (Å²) in [6.07, 6.45) is 3.39. The first kappa shape index (κ1) is 13.9. The second-order valence-electron chi connectivity index (χ2n) is 5.15. The highest BCUT2D eigenvalue weighted by Gasteiger charge is 2.10. The number of pyridine rings is 1. The zero-order valence-corrected chi connectivity index (χ0v) is 13.5. The van der Waals surface area contributed by atoms with Crippen molar-refractivity contribution in [3.05, 3.63) is 69.7 Å². The molecule has 0 atom stereocenters. The fraction of sp³-hybridized carbons (Fsp3) is 0. The van der Waals surface area contributed by atoms with Crippen LogP contribution in [0.3, 0.4) is 0 Å². The number of hydrogen-bond acceptors (Lipinski definition) is 3. The largest absolute Gasteiger partial charge is 0.354 e. The van der Waals surface area contributed by atoms with Crippen LogP contribution in [0.1, 0.15) is 0 Å². The Morgan fingerprint density at radius 2 is 1.83 bits per heavy atom. The molecular weight excluding hydrogens is 356 g/mol. The van der Waals surface area contributed by atoms with Gasteiger partial charge in [-0.3, -0.25) is 9.78 Å². The zero-order valence-electron chi connectivity index (χ0n) is 11.9. The van der Waals surface area contributed by atoms with E-state index in [2.05, 4.69) is 36.1 Å². The van der Waals surface area contributed by atoms with E-state index >= 15 is 0 Å². The standard InChI is InChI=1S/C17H11BrN4O/c18-12-2-1-11-7-16(20-14(11)8-12)13-9-15(21-22-17(13)23)10-3-5-19-6-4-10/h1-9,20H,(H,22,23). The Hall–Kier alpha value is -2.73. The highest BCUT2D eigenvalue weighted by atomic mass is 79.9. The number of hydrogen-bond donors (Lipinski definition) is 2. The van der Waals surface area contributed by atoms with Crippen molar-refractivity contribution in [2.24, 2.45) is 0 Å². The van der Waals surface area contributed by atoms with Crippen LogP contribution >= 0.6 is 15.9 Å². The minimum Gasteiger partial charge on any atom is -0.354 e. The third-order valence-corrected chi connectivity index (χ3v) is 4.15. The predicted molar refractivity (Wildman–Crippen MR) is 93.1 cm³/mol. The third kappa shape index (κ3) is 2.57. The second kappa shape index (κ2) is 5.48. The van der Waals surface area contributed by atoms with Crippen LogP contribution in [0.4, 0.5) is 0 Å². The van der Waals surface area contributed by atoms with E-state index in [-0.39, 0.29) is 5.56 Å². The smallest absolute Gasteiger partial charge is 0.273 e. The van der Waals surface area contributed by atoms with Gasteiger partial charge < -0.3 is 4.98 Å². The van der Waals surface area contributed by atoms with Crippen molar-refractivity contribution in [3.8, 4) is 22.5 Å². The van der Waals surface area contributed by atoms with Crippen molar-refractivity contribution >= 4 is 26.8 Å². The van der Waals surface area contributed by atoms with Gasteiger partial charge >= 0.3 is 0 Å². The van der Waals surface area contributed by atoms with E-state index in [0.717, 1.165) is 26.6 Å². The van der Waals surface area contributed by atoms with Gasteiger partial charge in [0.2, 0.25) is 0 Å². The summed E-state index contributed by atoms with van der Waals surface area (Å²) in [5.41, 5.74) is 3.65. The number of aromatic nitrogens is 4. The van der Waals surface area contributed by atoms with E-state index in [0.29, 0.717) is 11.3 Å². The Bertz CT molecular complexity index is 1050. The molecule has 4 aromatic rings. The van der Waals surface area contributed by atoms with Crippen LogP contribution in [0.5, 0.6) is 0 Å². The van der Waals surface area contributed by atoms with E-state index < -0.39 is 0 Å². The van der Waals surface area contributed by atoms with Crippen LogP contribution in [0, 0.1) is 0 Å². The molecule has 6 heteroatoms. The molecule has 0 saturated heterocycles. The summed E-state index contributed by atoms with van der Waals surface area (Å²) < 4.78 is 0.986. The molecule has 0 aliphatic heterocycles. The third-order valence-electron chi connectivity index (χ3n) is 3.65. The lowest BCUT2D eigenvalue weighted by Crippen LogP contribution is -2.11. The van der Waals surface area contributed by atoms with Gasteiger partial charge in [0.25, 0.3) is 5.56 Å². The van der Waals surface area contributed by atoms with E-state index in [9.17, 15) is 4.79 Å². The molecule has 3 heterocycles. The highest BCUT2D eigenvalue weighted by Crippen LogP contribution is 2.26. The molecule has 0 unspecified atom stereocenters. The van der Waals surface area contributed by atoms with Crippen molar-refractivity contribution in [1.82, 2.24) is 20.2 Å². The van der Waals surface area contributed by atoms with Crippen LogP contribution in [0.15, 0.2) is 64.1 Å². The molecule has 2 N–H and O–H groups in total. The summed E-state index contributed by atoms with van der Waals surface area (Å²) in [5, 5.41) is 7.73. The van der Waals surface area contributed by atoms with E-state index in [1.165, 1.54) is 0 Å². The van der Waals surface area contributed by atoms with Crippen LogP contribution in [0.2, 0.25) is 0 Å². The van der Waals surface area contributed by atoms with Crippen LogP contribution < -0.4 is 5.56 Å². The molecular formula is C17H11BrN4O. The van der Waals surface area contributed by atoms with Crippen molar-refractivity contribution in [1.29, 1.82) is 0 Å². The number of rotatable bonds is 2. The first-order chi connectivity index (χ1) is 11.2. The quantitative estimate of drug-likeness (QED) is 0.567. The molecule has 3 aromatic heterocycles. The summed E-state index contributed by atoms with van der Waals surface area (Å²) in [6.45, 7) is 0. The summed E-state index contributed by atoms with van der Waals surface area (Å²) in [4.78, 5) is 19.5. The number of H-pyrrole nitrogens is 2. The fourth-order valence-electron chi connectivity index (χ4n) is 2.52. The van der Waals surface area contributed by atoms with Gasteiger partial charge in [-0.2, -0.15) is 5.10 Å². The van der Waals surface area contributed by atoms with Gasteiger partial charge in [-0.1, -0.05) is 22.0 Å². The molecule has 0 spiro atoms. The Balaban J connectivity index is 1.88. The molecule has 0 amide bonds. The number of aromatic amines is 2. The molecule has 5 nitrogen and oxygen atoms in total. The number of benzene rings is 1. The van der Waals surface area contributed by atoms with Gasteiger partial charge in [-0.05, 0) is 36.4 Å². The minimum absolute atomic E-state index is 0.228. The zero-order chi connectivity index (χ0) is 15.8. The lowest BCUT2D eigenvalue weighted by molar-refractivity contribution is 0.996. The number of halogens is 1. The lowest BCUT2D eigenvalue weighted by Gasteiger charge is -2.02. The predicted octanol–water partition coefficient (Wildman–Crippen LogP) is 3.74. The first-order valence-corrected chi connectivity index (χ1v) is 7.79. The van der Waals surface area contributed by atoms with E-state index in [1.807, 2.05) is 36.4 Å². The van der Waals surface area contributed by atoms with Gasteiger partial charge in [0.1, 0.15) is 0 Å². The van der Waals surface area contributed by atoms with Gasteiger partial charge in [0.15, 0.2) is 0 Å². The molecule has 0 radical (unpaired) electrons. The first-order valence-electron chi connectivity index (χ1n) is 6.99. The molecule has 4 rings (SSSR count). The average Bonchev–Trinajstić information content (AvgIpc) is 2.99. The van der Waals surface area contributed by atoms with Crippen molar-refractivity contribution in [3.63, 3.8) is 0 Å². The molecule has 23 heavy (non-hydrogen) atoms. The van der Waals surface area contributed by atoms with Crippen LogP contribution in [-0.4, -0.2) is 20.2 Å². The molecule has 0 aliphatic rings. The Morgan fingerprint density at radius 1 is 1.00 bits per heavy atom. The average molecular weight is 367 g/mol. The molecule has 0 bridgehead atoms. The van der Waals surface area contributed by atoms with E-state index in [1.54, 1.807) is 18.5 Å². The van der Waals surface area contributed by atoms with Gasteiger partial charge in [0.05, 0.1) is 17.0 Å². The van der Waals surface area contributed by atoms with Gasteiger partial charge in [-0.25, -0.2) is 5.10 Å². The Kier molecular flexibility index (Phi) is 3.31. The summed E-state index contributed by atoms with van der Waals surface area (Å²) in [6, 6.07) is 13.4. The number of nitrogens with one attached hydrogen (secondary N) is 2. The molecule has 0 aliphatic carbocycles. The van der Waals surface area contributed by atoms with Crippen molar-refractivity contribution in [2.75, 3.05) is 0 Å². The Morgan fingerprint density at radius 3 is 2.65 bits per heavy atom. The van der Waals surface area contributed by atoms with Crippen molar-refractivity contribution < 1.29 is 0 Å². The lowest BCUT2D eigenvalue weighted by atomic mass is 10.1. The monoisotopic (exact) mass is 366 g/mol. The molecule has 112 valence electrons. The van der Waals surface area contributed by atoms with Crippen LogP contribution in [0.25, 0.3) is 33.4 Å².